The second-order valence-corrected chi connectivity index (χ2v) is 5.11. The molecule has 0 aliphatic heterocycles. The van der Waals surface area contributed by atoms with E-state index in [0.29, 0.717) is 12.0 Å². The Labute approximate surface area is 120 Å². The van der Waals surface area contributed by atoms with Gasteiger partial charge in [-0.25, -0.2) is 0 Å². The van der Waals surface area contributed by atoms with Crippen molar-refractivity contribution in [3.63, 3.8) is 0 Å². The Morgan fingerprint density at radius 1 is 1.00 bits per heavy atom. The minimum atomic E-state index is -0.608. The topological polar surface area (TPSA) is 37.3 Å². The maximum absolute atomic E-state index is 12.2. The van der Waals surface area contributed by atoms with Gasteiger partial charge in [0.25, 0.3) is 0 Å². The van der Waals surface area contributed by atoms with E-state index in [2.05, 4.69) is 0 Å². The van der Waals surface area contributed by atoms with Gasteiger partial charge >= 0.3 is 0 Å². The number of hydrogen-bond donors (Lipinski definition) is 1. The molecule has 1 N–H and O–H groups in total. The van der Waals surface area contributed by atoms with E-state index in [1.807, 2.05) is 48.5 Å². The Kier molecular flexibility index (Phi) is 5.08. The number of aliphatic hydroxyl groups is 1. The first kappa shape index (κ1) is 14.5. The van der Waals surface area contributed by atoms with Crippen molar-refractivity contribution in [1.29, 1.82) is 0 Å². The summed E-state index contributed by atoms with van der Waals surface area (Å²) in [5, 5.41) is 10.2. The lowest BCUT2D eigenvalue weighted by atomic mass is 9.91. The fourth-order valence-corrected chi connectivity index (χ4v) is 2.25. The second kappa shape index (κ2) is 7.01. The molecule has 0 amide bonds. The molecule has 2 aromatic carbocycles. The molecule has 0 saturated carbocycles. The van der Waals surface area contributed by atoms with Crippen LogP contribution in [0.3, 0.4) is 0 Å². The molecule has 0 spiro atoms. The van der Waals surface area contributed by atoms with E-state index in [0.717, 1.165) is 6.42 Å². The molecule has 2 rings (SSSR count). The predicted molar refractivity (Wildman–Crippen MR) is 80.7 cm³/mol. The summed E-state index contributed by atoms with van der Waals surface area (Å²) in [7, 11) is 0. The predicted octanol–water partition coefficient (Wildman–Crippen LogP) is 3.50. The van der Waals surface area contributed by atoms with E-state index in [-0.39, 0.29) is 11.7 Å². The quantitative estimate of drug-likeness (QED) is 0.814. The van der Waals surface area contributed by atoms with Gasteiger partial charge in [-0.3, -0.25) is 4.79 Å². The zero-order valence-corrected chi connectivity index (χ0v) is 11.7. The fraction of sp³-hybridized carbons (Fsp3) is 0.278. The number of carbonyl (C=O) groups excluding carboxylic acids is 1. The van der Waals surface area contributed by atoms with Crippen LogP contribution in [0.2, 0.25) is 0 Å². The highest BCUT2D eigenvalue weighted by molar-refractivity contribution is 5.97. The minimum Gasteiger partial charge on any atom is -0.392 e. The Balaban J connectivity index is 1.92. The third-order valence-corrected chi connectivity index (χ3v) is 3.62. The Morgan fingerprint density at radius 2 is 1.55 bits per heavy atom. The number of aryl methyl sites for hydroxylation is 1. The van der Waals surface area contributed by atoms with E-state index < -0.39 is 6.10 Å². The zero-order chi connectivity index (χ0) is 14.4. The number of rotatable bonds is 6. The van der Waals surface area contributed by atoms with Gasteiger partial charge in [0, 0.05) is 11.5 Å². The van der Waals surface area contributed by atoms with Crippen LogP contribution in [0.15, 0.2) is 60.7 Å². The molecular weight excluding hydrogens is 248 g/mol. The summed E-state index contributed by atoms with van der Waals surface area (Å²) in [6.45, 7) is 1.80. The van der Waals surface area contributed by atoms with Crippen LogP contribution < -0.4 is 0 Å². The molecule has 2 nitrogen and oxygen atoms in total. The molecule has 0 bridgehead atoms. The van der Waals surface area contributed by atoms with Crippen molar-refractivity contribution >= 4 is 5.78 Å². The van der Waals surface area contributed by atoms with Crippen LogP contribution in [0.4, 0.5) is 0 Å². The van der Waals surface area contributed by atoms with E-state index in [4.69, 9.17) is 0 Å². The van der Waals surface area contributed by atoms with Crippen LogP contribution in [-0.4, -0.2) is 17.0 Å². The Hall–Kier alpha value is -1.93. The lowest BCUT2D eigenvalue weighted by Crippen LogP contribution is -2.26. The van der Waals surface area contributed by atoms with Crippen LogP contribution in [0.1, 0.15) is 29.3 Å². The first-order valence-corrected chi connectivity index (χ1v) is 6.99. The molecule has 0 aliphatic carbocycles. The van der Waals surface area contributed by atoms with Gasteiger partial charge in [0.1, 0.15) is 0 Å². The lowest BCUT2D eigenvalue weighted by Gasteiger charge is -2.17. The summed E-state index contributed by atoms with van der Waals surface area (Å²) in [4.78, 5) is 12.2. The molecule has 2 aromatic rings. The van der Waals surface area contributed by atoms with Gasteiger partial charge < -0.3 is 5.11 Å². The third-order valence-electron chi connectivity index (χ3n) is 3.62. The zero-order valence-electron chi connectivity index (χ0n) is 11.7. The van der Waals surface area contributed by atoms with Crippen LogP contribution in [0.25, 0.3) is 0 Å². The number of carbonyl (C=O) groups is 1. The average molecular weight is 268 g/mol. The van der Waals surface area contributed by atoms with E-state index in [9.17, 15) is 9.90 Å². The summed E-state index contributed by atoms with van der Waals surface area (Å²) in [6, 6.07) is 19.2. The second-order valence-electron chi connectivity index (χ2n) is 5.11. The van der Waals surface area contributed by atoms with Crippen molar-refractivity contribution in [2.75, 3.05) is 0 Å². The van der Waals surface area contributed by atoms with Gasteiger partial charge in [0.2, 0.25) is 0 Å². The van der Waals surface area contributed by atoms with E-state index >= 15 is 0 Å². The van der Waals surface area contributed by atoms with Gasteiger partial charge in [-0.1, -0.05) is 67.6 Å². The van der Waals surface area contributed by atoms with Crippen molar-refractivity contribution in [2.45, 2.75) is 25.9 Å². The molecule has 0 radical (unpaired) electrons. The highest BCUT2D eigenvalue weighted by Gasteiger charge is 2.22. The molecule has 0 fully saturated rings. The smallest absolute Gasteiger partial charge is 0.168 e. The SMILES string of the molecule is C[C@@H](C(=O)c1ccccc1)[C@@H](O)CCc1ccccc1. The summed E-state index contributed by atoms with van der Waals surface area (Å²) < 4.78 is 0. The van der Waals surface area contributed by atoms with Crippen LogP contribution >= 0.6 is 0 Å². The molecule has 2 heteroatoms. The average Bonchev–Trinajstić information content (AvgIpc) is 2.53. The maximum atomic E-state index is 12.2. The molecule has 104 valence electrons. The van der Waals surface area contributed by atoms with Gasteiger partial charge in [-0.2, -0.15) is 0 Å². The highest BCUT2D eigenvalue weighted by atomic mass is 16.3. The Morgan fingerprint density at radius 3 is 2.15 bits per heavy atom. The summed E-state index contributed by atoms with van der Waals surface area (Å²) in [6.07, 6.45) is 0.779. The maximum Gasteiger partial charge on any atom is 0.168 e. The minimum absolute atomic E-state index is 0.00571. The molecule has 0 unspecified atom stereocenters. The van der Waals surface area contributed by atoms with Gasteiger partial charge in [-0.15, -0.1) is 0 Å². The van der Waals surface area contributed by atoms with Gasteiger partial charge in [-0.05, 0) is 18.4 Å². The monoisotopic (exact) mass is 268 g/mol. The van der Waals surface area contributed by atoms with Crippen molar-refractivity contribution in [2.24, 2.45) is 5.92 Å². The molecule has 0 saturated heterocycles. The van der Waals surface area contributed by atoms with Crippen LogP contribution in [0, 0.1) is 5.92 Å². The molecular formula is C18H20O2. The van der Waals surface area contributed by atoms with Crippen molar-refractivity contribution < 1.29 is 9.90 Å². The van der Waals surface area contributed by atoms with Gasteiger partial charge in [0.15, 0.2) is 5.78 Å². The fourth-order valence-electron chi connectivity index (χ4n) is 2.25. The van der Waals surface area contributed by atoms with E-state index in [1.165, 1.54) is 5.56 Å². The van der Waals surface area contributed by atoms with Crippen molar-refractivity contribution in [3.05, 3.63) is 71.8 Å². The number of benzene rings is 2. The molecule has 0 aromatic heterocycles. The largest absolute Gasteiger partial charge is 0.392 e. The number of aliphatic hydroxyl groups excluding tert-OH is 1. The van der Waals surface area contributed by atoms with Crippen LogP contribution in [-0.2, 0) is 6.42 Å². The van der Waals surface area contributed by atoms with Crippen molar-refractivity contribution in [1.82, 2.24) is 0 Å². The summed E-state index contributed by atoms with van der Waals surface area (Å²) in [5.41, 5.74) is 1.85. The van der Waals surface area contributed by atoms with Crippen molar-refractivity contribution in [3.8, 4) is 0 Å². The number of ketones is 1. The summed E-state index contributed by atoms with van der Waals surface area (Å²) >= 11 is 0. The molecule has 0 heterocycles. The number of Topliss-reactive ketones (excluding diaryl/α,β-unsaturated/α-hetero) is 1. The normalized spacial score (nSPS) is 13.7. The van der Waals surface area contributed by atoms with Crippen LogP contribution in [0.5, 0.6) is 0 Å². The lowest BCUT2D eigenvalue weighted by molar-refractivity contribution is 0.0692. The molecule has 2 atom stereocenters. The molecule has 0 aliphatic rings. The first-order valence-electron chi connectivity index (χ1n) is 6.99. The van der Waals surface area contributed by atoms with Gasteiger partial charge in [0.05, 0.1) is 6.10 Å². The standard InChI is InChI=1S/C18H20O2/c1-14(18(20)16-10-6-3-7-11-16)17(19)13-12-15-8-4-2-5-9-15/h2-11,14,17,19H,12-13H2,1H3/t14-,17+/m1/s1. The first-order chi connectivity index (χ1) is 9.68. The van der Waals surface area contributed by atoms with E-state index in [1.54, 1.807) is 19.1 Å². The molecule has 20 heavy (non-hydrogen) atoms. The highest BCUT2D eigenvalue weighted by Crippen LogP contribution is 2.16. The Bertz CT molecular complexity index is 534. The summed E-state index contributed by atoms with van der Waals surface area (Å²) in [5.74, 6) is -0.368. The third kappa shape index (κ3) is 3.78. The number of hydrogen-bond acceptors (Lipinski definition) is 2.